The lowest BCUT2D eigenvalue weighted by molar-refractivity contribution is 0.882. The normalized spacial score (nSPS) is 22.4. The van der Waals surface area contributed by atoms with Crippen LogP contribution in [0.4, 0.5) is 5.69 Å². The maximum Gasteiger partial charge on any atom is 0.0683 e. The van der Waals surface area contributed by atoms with Crippen molar-refractivity contribution in [3.05, 3.63) is 47.1 Å². The maximum atomic E-state index is 2.44. The minimum atomic E-state index is 0.543. The van der Waals surface area contributed by atoms with E-state index < -0.39 is 0 Å². The molecule has 0 fully saturated rings. The summed E-state index contributed by atoms with van der Waals surface area (Å²) in [7, 11) is 0. The molecule has 1 unspecified atom stereocenters. The van der Waals surface area contributed by atoms with Crippen molar-refractivity contribution in [1.82, 2.24) is 0 Å². The van der Waals surface area contributed by atoms with Crippen LogP contribution < -0.4 is 3.11 Å². The van der Waals surface area contributed by atoms with Crippen LogP contribution in [0.25, 0.3) is 5.57 Å². The summed E-state index contributed by atoms with van der Waals surface area (Å²) in [6.45, 7) is 4.35. The van der Waals surface area contributed by atoms with Crippen LogP contribution in [-0.4, -0.2) is 6.04 Å². The maximum absolute atomic E-state index is 2.44. The van der Waals surface area contributed by atoms with Gasteiger partial charge in [-0.05, 0) is 38.0 Å². The summed E-state index contributed by atoms with van der Waals surface area (Å²) in [5.74, 6) is 0. The number of rotatable bonds is 0. The summed E-state index contributed by atoms with van der Waals surface area (Å²) >= 11 is 2.44. The van der Waals surface area contributed by atoms with Crippen molar-refractivity contribution in [3.63, 3.8) is 0 Å². The van der Waals surface area contributed by atoms with E-state index in [0.717, 1.165) is 6.42 Å². The standard InChI is InChI=1S/C14H14IN/c1-9-3-5-13-11(7-9)12-8-10(2)4-6-14(12)16(13)15/h3-5,7-8,14H,6H2,1-2H3. The fraction of sp³-hybridized carbons (Fsp3) is 0.286. The Bertz CT molecular complexity index is 513. The number of halogens is 1. The van der Waals surface area contributed by atoms with Crippen molar-refractivity contribution >= 4 is 34.1 Å². The summed E-state index contributed by atoms with van der Waals surface area (Å²) in [6.07, 6.45) is 5.80. The molecular weight excluding hydrogens is 309 g/mol. The molecule has 0 saturated heterocycles. The quantitative estimate of drug-likeness (QED) is 0.509. The molecule has 1 heterocycles. The predicted molar refractivity (Wildman–Crippen MR) is 77.8 cm³/mol. The Morgan fingerprint density at radius 2 is 2.12 bits per heavy atom. The molecule has 1 nitrogen and oxygen atoms in total. The van der Waals surface area contributed by atoms with Gasteiger partial charge in [-0.3, -0.25) is 0 Å². The van der Waals surface area contributed by atoms with Crippen molar-refractivity contribution in [2.24, 2.45) is 0 Å². The van der Waals surface area contributed by atoms with E-state index in [0.29, 0.717) is 6.04 Å². The highest BCUT2D eigenvalue weighted by molar-refractivity contribution is 14.1. The summed E-state index contributed by atoms with van der Waals surface area (Å²) < 4.78 is 2.38. The third-order valence-corrected chi connectivity index (χ3v) is 4.56. The summed E-state index contributed by atoms with van der Waals surface area (Å²) in [6, 6.07) is 7.29. The van der Waals surface area contributed by atoms with Gasteiger partial charge in [0, 0.05) is 5.56 Å². The van der Waals surface area contributed by atoms with Crippen LogP contribution in [0, 0.1) is 6.92 Å². The Labute approximate surface area is 110 Å². The van der Waals surface area contributed by atoms with E-state index in [1.54, 1.807) is 0 Å². The first-order valence-corrected chi connectivity index (χ1v) is 6.57. The molecule has 1 aromatic rings. The van der Waals surface area contributed by atoms with Gasteiger partial charge >= 0.3 is 0 Å². The Morgan fingerprint density at radius 3 is 2.94 bits per heavy atom. The first-order valence-electron chi connectivity index (χ1n) is 5.61. The van der Waals surface area contributed by atoms with E-state index in [4.69, 9.17) is 0 Å². The highest BCUT2D eigenvalue weighted by atomic mass is 127. The topological polar surface area (TPSA) is 3.24 Å². The van der Waals surface area contributed by atoms with Crippen LogP contribution >= 0.6 is 22.9 Å². The molecule has 0 radical (unpaired) electrons. The Morgan fingerprint density at radius 1 is 1.31 bits per heavy atom. The lowest BCUT2D eigenvalue weighted by atomic mass is 9.92. The van der Waals surface area contributed by atoms with Crippen LogP contribution in [0.1, 0.15) is 24.5 Å². The highest BCUT2D eigenvalue weighted by Crippen LogP contribution is 2.46. The van der Waals surface area contributed by atoms with E-state index in [9.17, 15) is 0 Å². The Balaban J connectivity index is 2.20. The predicted octanol–water partition coefficient (Wildman–Crippen LogP) is 4.27. The molecule has 1 atom stereocenters. The van der Waals surface area contributed by atoms with Gasteiger partial charge in [0.05, 0.1) is 34.6 Å². The second-order valence-corrected chi connectivity index (χ2v) is 5.67. The third-order valence-electron chi connectivity index (χ3n) is 3.37. The largest absolute Gasteiger partial charge is 0.306 e. The van der Waals surface area contributed by atoms with Gasteiger partial charge in [0.15, 0.2) is 0 Å². The highest BCUT2D eigenvalue weighted by Gasteiger charge is 2.33. The van der Waals surface area contributed by atoms with Crippen LogP contribution in [0.3, 0.4) is 0 Å². The molecule has 2 aliphatic rings. The molecule has 16 heavy (non-hydrogen) atoms. The molecule has 1 aliphatic heterocycles. The molecule has 0 N–H and O–H groups in total. The monoisotopic (exact) mass is 323 g/mol. The van der Waals surface area contributed by atoms with Crippen molar-refractivity contribution < 1.29 is 0 Å². The molecule has 0 aromatic heterocycles. The van der Waals surface area contributed by atoms with Crippen molar-refractivity contribution in [2.45, 2.75) is 26.3 Å². The molecule has 2 heteroatoms. The molecular formula is C14H14IN. The number of benzene rings is 1. The van der Waals surface area contributed by atoms with Crippen molar-refractivity contribution in [3.8, 4) is 0 Å². The number of anilines is 1. The molecule has 0 bridgehead atoms. The summed E-state index contributed by atoms with van der Waals surface area (Å²) in [4.78, 5) is 0. The van der Waals surface area contributed by atoms with Crippen LogP contribution in [0.5, 0.6) is 0 Å². The number of aryl methyl sites for hydroxylation is 1. The van der Waals surface area contributed by atoms with Crippen molar-refractivity contribution in [1.29, 1.82) is 0 Å². The van der Waals surface area contributed by atoms with E-state index in [2.05, 4.69) is 70.2 Å². The van der Waals surface area contributed by atoms with Gasteiger partial charge in [0.25, 0.3) is 0 Å². The van der Waals surface area contributed by atoms with Gasteiger partial charge in [-0.25, -0.2) is 0 Å². The Hall–Kier alpha value is -0.770. The SMILES string of the molecule is CC1=CCC2C(=C1)c1cc(C)ccc1N2I. The van der Waals surface area contributed by atoms with Crippen molar-refractivity contribution in [2.75, 3.05) is 3.11 Å². The van der Waals surface area contributed by atoms with E-state index in [1.165, 1.54) is 28.0 Å². The lowest BCUT2D eigenvalue weighted by Gasteiger charge is -2.22. The molecule has 0 spiro atoms. The zero-order chi connectivity index (χ0) is 11.3. The summed E-state index contributed by atoms with van der Waals surface area (Å²) in [5.41, 5.74) is 7.02. The Kier molecular flexibility index (Phi) is 2.35. The molecule has 1 aliphatic carbocycles. The molecule has 1 aromatic carbocycles. The zero-order valence-corrected chi connectivity index (χ0v) is 11.7. The fourth-order valence-electron chi connectivity index (χ4n) is 2.53. The van der Waals surface area contributed by atoms with Crippen LogP contribution in [0.15, 0.2) is 35.9 Å². The average molecular weight is 323 g/mol. The fourth-order valence-corrected chi connectivity index (χ4v) is 3.48. The zero-order valence-electron chi connectivity index (χ0n) is 9.50. The van der Waals surface area contributed by atoms with E-state index in [-0.39, 0.29) is 0 Å². The third kappa shape index (κ3) is 1.43. The van der Waals surface area contributed by atoms with E-state index in [1.807, 2.05) is 0 Å². The van der Waals surface area contributed by atoms with Gasteiger partial charge in [-0.2, -0.15) is 0 Å². The second kappa shape index (κ2) is 3.62. The lowest BCUT2D eigenvalue weighted by Crippen LogP contribution is -2.22. The van der Waals surface area contributed by atoms with Gasteiger partial charge in [-0.1, -0.05) is 29.4 Å². The molecule has 0 saturated carbocycles. The number of hydrogen-bond donors (Lipinski definition) is 0. The smallest absolute Gasteiger partial charge is 0.0683 e. The average Bonchev–Trinajstić information content (AvgIpc) is 2.52. The molecule has 82 valence electrons. The molecule has 3 rings (SSSR count). The van der Waals surface area contributed by atoms with E-state index >= 15 is 0 Å². The molecule has 0 amide bonds. The number of allylic oxidation sites excluding steroid dienone is 2. The van der Waals surface area contributed by atoms with Crippen LogP contribution in [0.2, 0.25) is 0 Å². The summed E-state index contributed by atoms with van der Waals surface area (Å²) in [5, 5.41) is 0. The first kappa shape index (κ1) is 10.4. The van der Waals surface area contributed by atoms with Gasteiger partial charge in [0.1, 0.15) is 0 Å². The number of fused-ring (bicyclic) bond motifs is 3. The van der Waals surface area contributed by atoms with Crippen LogP contribution in [-0.2, 0) is 0 Å². The number of nitrogens with zero attached hydrogens (tertiary/aromatic N) is 1. The van der Waals surface area contributed by atoms with Gasteiger partial charge < -0.3 is 3.11 Å². The second-order valence-electron chi connectivity index (χ2n) is 4.63. The number of hydrogen-bond acceptors (Lipinski definition) is 1. The minimum absolute atomic E-state index is 0.543. The van der Waals surface area contributed by atoms with Gasteiger partial charge in [-0.15, -0.1) is 0 Å². The minimum Gasteiger partial charge on any atom is -0.306 e. The first-order chi connectivity index (χ1) is 7.66. The van der Waals surface area contributed by atoms with Gasteiger partial charge in [0.2, 0.25) is 0 Å².